The molecule has 0 bridgehead atoms. The molecular weight excluding hydrogens is 256 g/mol. The monoisotopic (exact) mass is 270 g/mol. The Morgan fingerprint density at radius 1 is 1.56 bits per heavy atom. The zero-order valence-electron chi connectivity index (χ0n) is 9.70. The van der Waals surface area contributed by atoms with Crippen molar-refractivity contribution in [2.24, 2.45) is 0 Å². The number of hydrogen-bond acceptors (Lipinski definition) is 5. The van der Waals surface area contributed by atoms with Gasteiger partial charge in [0.1, 0.15) is 5.51 Å². The number of aliphatic carboxylic acids is 1. The lowest BCUT2D eigenvalue weighted by Crippen LogP contribution is -2.46. The molecule has 98 valence electrons. The Morgan fingerprint density at radius 3 is 3.06 bits per heavy atom. The van der Waals surface area contributed by atoms with Gasteiger partial charge in [-0.1, -0.05) is 11.3 Å². The predicted molar refractivity (Wildman–Crippen MR) is 65.5 cm³/mol. The highest BCUT2D eigenvalue weighted by atomic mass is 32.1. The van der Waals surface area contributed by atoms with E-state index in [1.807, 2.05) is 0 Å². The van der Waals surface area contributed by atoms with Crippen LogP contribution in [0.5, 0.6) is 0 Å². The largest absolute Gasteiger partial charge is 0.481 e. The van der Waals surface area contributed by atoms with Gasteiger partial charge in [-0.25, -0.2) is 4.79 Å². The van der Waals surface area contributed by atoms with Crippen molar-refractivity contribution in [1.29, 1.82) is 0 Å². The van der Waals surface area contributed by atoms with E-state index < -0.39 is 5.97 Å². The Morgan fingerprint density at radius 2 is 2.39 bits per heavy atom. The minimum Gasteiger partial charge on any atom is -0.481 e. The summed E-state index contributed by atoms with van der Waals surface area (Å²) in [6, 6.07) is -0.526. The number of nitrogens with one attached hydrogen (secondary N) is 1. The molecule has 0 aromatic carbocycles. The summed E-state index contributed by atoms with van der Waals surface area (Å²) in [5, 5.41) is 19.3. The Hall–Kier alpha value is -1.70. The second-order valence-corrected chi connectivity index (χ2v) is 4.95. The average Bonchev–Trinajstić information content (AvgIpc) is 2.81. The summed E-state index contributed by atoms with van der Waals surface area (Å²) >= 11 is 1.23. The van der Waals surface area contributed by atoms with Crippen molar-refractivity contribution >= 4 is 28.5 Å². The minimum atomic E-state index is -0.879. The van der Waals surface area contributed by atoms with Crippen LogP contribution in [0.15, 0.2) is 5.51 Å². The summed E-state index contributed by atoms with van der Waals surface area (Å²) < 4.78 is 0. The summed E-state index contributed by atoms with van der Waals surface area (Å²) in [7, 11) is 0. The third-order valence-corrected chi connectivity index (χ3v) is 3.48. The summed E-state index contributed by atoms with van der Waals surface area (Å²) in [5.41, 5.74) is 1.53. The van der Waals surface area contributed by atoms with Crippen LogP contribution in [-0.2, 0) is 4.79 Å². The Kier molecular flexibility index (Phi) is 4.08. The number of carbonyl (C=O) groups is 2. The zero-order valence-corrected chi connectivity index (χ0v) is 10.5. The van der Waals surface area contributed by atoms with E-state index in [0.29, 0.717) is 11.7 Å². The number of carbonyl (C=O) groups excluding carboxylic acids is 1. The van der Waals surface area contributed by atoms with Gasteiger partial charge in [-0.05, 0) is 19.3 Å². The molecule has 1 fully saturated rings. The van der Waals surface area contributed by atoms with E-state index in [4.69, 9.17) is 5.11 Å². The summed E-state index contributed by atoms with van der Waals surface area (Å²) in [6.07, 6.45) is 2.58. The number of likely N-dealkylation sites (tertiary alicyclic amines) is 1. The van der Waals surface area contributed by atoms with E-state index >= 15 is 0 Å². The van der Waals surface area contributed by atoms with E-state index in [1.165, 1.54) is 16.8 Å². The van der Waals surface area contributed by atoms with Gasteiger partial charge in [-0.15, -0.1) is 10.2 Å². The van der Waals surface area contributed by atoms with Gasteiger partial charge < -0.3 is 10.0 Å². The molecule has 1 unspecified atom stereocenters. The van der Waals surface area contributed by atoms with Gasteiger partial charge in [-0.3, -0.25) is 10.1 Å². The quantitative estimate of drug-likeness (QED) is 0.865. The molecule has 1 saturated heterocycles. The lowest BCUT2D eigenvalue weighted by atomic mass is 10.00. The maximum absolute atomic E-state index is 12.0. The molecule has 1 atom stereocenters. The Balaban J connectivity index is 1.99. The molecule has 2 heterocycles. The highest BCUT2D eigenvalue weighted by Gasteiger charge is 2.28. The fourth-order valence-electron chi connectivity index (χ4n) is 2.07. The standard InChI is InChI=1S/C10H14N4O3S/c15-8(16)5-7-3-1-2-4-14(7)10(17)12-9-13-11-6-18-9/h6-7H,1-5H2,(H,15,16)(H,12,13,17). The second-order valence-electron chi connectivity index (χ2n) is 4.11. The number of urea groups is 1. The third kappa shape index (κ3) is 3.16. The SMILES string of the molecule is O=C(O)CC1CCCCN1C(=O)Nc1nncs1. The first-order valence-electron chi connectivity index (χ1n) is 5.72. The number of piperidine rings is 1. The zero-order chi connectivity index (χ0) is 13.0. The van der Waals surface area contributed by atoms with Crippen LogP contribution in [0, 0.1) is 0 Å². The lowest BCUT2D eigenvalue weighted by Gasteiger charge is -2.34. The van der Waals surface area contributed by atoms with Gasteiger partial charge in [0, 0.05) is 12.6 Å². The van der Waals surface area contributed by atoms with E-state index in [0.717, 1.165) is 19.3 Å². The third-order valence-electron chi connectivity index (χ3n) is 2.87. The van der Waals surface area contributed by atoms with E-state index in [9.17, 15) is 9.59 Å². The molecule has 1 aliphatic rings. The van der Waals surface area contributed by atoms with Gasteiger partial charge in [0.05, 0.1) is 6.42 Å². The molecule has 1 aliphatic heterocycles. The fraction of sp³-hybridized carbons (Fsp3) is 0.600. The second kappa shape index (κ2) is 5.76. The molecule has 2 rings (SSSR count). The number of amides is 2. The number of rotatable bonds is 3. The van der Waals surface area contributed by atoms with Crippen molar-refractivity contribution in [3.05, 3.63) is 5.51 Å². The van der Waals surface area contributed by atoms with Crippen molar-refractivity contribution in [2.45, 2.75) is 31.7 Å². The van der Waals surface area contributed by atoms with Crippen LogP contribution >= 0.6 is 11.3 Å². The minimum absolute atomic E-state index is 0.0104. The van der Waals surface area contributed by atoms with Gasteiger partial charge in [0.2, 0.25) is 5.13 Å². The van der Waals surface area contributed by atoms with Crippen molar-refractivity contribution in [3.8, 4) is 0 Å². The molecule has 0 saturated carbocycles. The maximum Gasteiger partial charge on any atom is 0.323 e. The van der Waals surface area contributed by atoms with Gasteiger partial charge >= 0.3 is 12.0 Å². The molecule has 8 heteroatoms. The summed E-state index contributed by atoms with van der Waals surface area (Å²) in [5.74, 6) is -0.879. The number of aromatic nitrogens is 2. The topological polar surface area (TPSA) is 95.4 Å². The van der Waals surface area contributed by atoms with Crippen molar-refractivity contribution in [2.75, 3.05) is 11.9 Å². The first kappa shape index (κ1) is 12.7. The number of carboxylic acid groups (broad SMARTS) is 1. The molecular formula is C10H14N4O3S. The van der Waals surface area contributed by atoms with Crippen molar-refractivity contribution in [1.82, 2.24) is 15.1 Å². The number of anilines is 1. The molecule has 1 aromatic rings. The van der Waals surface area contributed by atoms with E-state index in [1.54, 1.807) is 4.90 Å². The van der Waals surface area contributed by atoms with Crippen LogP contribution in [0.4, 0.5) is 9.93 Å². The van der Waals surface area contributed by atoms with E-state index in [-0.39, 0.29) is 18.5 Å². The van der Waals surface area contributed by atoms with Gasteiger partial charge in [0.15, 0.2) is 0 Å². The first-order valence-corrected chi connectivity index (χ1v) is 6.60. The van der Waals surface area contributed by atoms with E-state index in [2.05, 4.69) is 15.5 Å². The fourth-order valence-corrected chi connectivity index (χ4v) is 2.51. The van der Waals surface area contributed by atoms with Crippen molar-refractivity contribution < 1.29 is 14.7 Å². The predicted octanol–water partition coefficient (Wildman–Crippen LogP) is 1.40. The molecule has 1 aromatic heterocycles. The highest BCUT2D eigenvalue weighted by molar-refractivity contribution is 7.13. The number of nitrogens with zero attached hydrogens (tertiary/aromatic N) is 3. The molecule has 2 amide bonds. The van der Waals surface area contributed by atoms with Crippen LogP contribution in [0.3, 0.4) is 0 Å². The molecule has 0 aliphatic carbocycles. The Bertz CT molecular complexity index is 423. The maximum atomic E-state index is 12.0. The van der Waals surface area contributed by atoms with Crippen molar-refractivity contribution in [3.63, 3.8) is 0 Å². The molecule has 2 N–H and O–H groups in total. The average molecular weight is 270 g/mol. The Labute approximate surface area is 108 Å². The lowest BCUT2D eigenvalue weighted by molar-refractivity contribution is -0.138. The molecule has 0 spiro atoms. The summed E-state index contributed by atoms with van der Waals surface area (Å²) in [6.45, 7) is 0.586. The van der Waals surface area contributed by atoms with Crippen LogP contribution in [-0.4, -0.2) is 44.8 Å². The molecule has 18 heavy (non-hydrogen) atoms. The van der Waals surface area contributed by atoms with Gasteiger partial charge in [-0.2, -0.15) is 0 Å². The number of carboxylic acids is 1. The van der Waals surface area contributed by atoms with Crippen LogP contribution in [0.25, 0.3) is 0 Å². The summed E-state index contributed by atoms with van der Waals surface area (Å²) in [4.78, 5) is 24.4. The normalized spacial score (nSPS) is 19.6. The smallest absolute Gasteiger partial charge is 0.323 e. The highest BCUT2D eigenvalue weighted by Crippen LogP contribution is 2.21. The molecule has 0 radical (unpaired) electrons. The van der Waals surface area contributed by atoms with Crippen LogP contribution < -0.4 is 5.32 Å². The van der Waals surface area contributed by atoms with Crippen LogP contribution in [0.1, 0.15) is 25.7 Å². The van der Waals surface area contributed by atoms with Gasteiger partial charge in [0.25, 0.3) is 0 Å². The first-order chi connectivity index (χ1) is 8.66. The molecule has 7 nitrogen and oxygen atoms in total. The number of hydrogen-bond donors (Lipinski definition) is 2. The van der Waals surface area contributed by atoms with Crippen LogP contribution in [0.2, 0.25) is 0 Å².